The minimum absolute atomic E-state index is 0.0512. The molecule has 0 N–H and O–H groups in total. The maximum Gasteiger partial charge on any atom is 0.433 e. The standard InChI is InChI=1S/C27H21ClF3N5O2/c1-16-19(10-13-21(32-16)27(29,30)31)14-35-26(37)24(17-6-4-3-5-7-17)23(18-8-11-20(28)12-9-18)25-34-33-22(15-38-2)36(25)35/h3-13H,14-15H2,1-2H3. The number of hydrogen-bond donors (Lipinski definition) is 0. The number of alkyl halides is 3. The van der Waals surface area contributed by atoms with E-state index in [1.807, 2.05) is 30.3 Å². The van der Waals surface area contributed by atoms with Crippen molar-refractivity contribution >= 4 is 17.2 Å². The molecule has 0 aliphatic heterocycles. The molecule has 0 saturated heterocycles. The second-order valence-corrected chi connectivity index (χ2v) is 9.05. The molecule has 3 aromatic heterocycles. The molecule has 194 valence electrons. The molecule has 0 aliphatic rings. The first-order valence-electron chi connectivity index (χ1n) is 11.5. The summed E-state index contributed by atoms with van der Waals surface area (Å²) in [5.41, 5.74) is 1.87. The van der Waals surface area contributed by atoms with E-state index in [9.17, 15) is 18.0 Å². The Morgan fingerprint density at radius 2 is 1.61 bits per heavy atom. The second kappa shape index (κ2) is 10.0. The Bertz CT molecular complexity index is 1680. The molecule has 0 atom stereocenters. The average Bonchev–Trinajstić information content (AvgIpc) is 3.30. The minimum Gasteiger partial charge on any atom is -0.377 e. The zero-order chi connectivity index (χ0) is 27.0. The van der Waals surface area contributed by atoms with Crippen LogP contribution in [0.15, 0.2) is 71.5 Å². The normalized spacial score (nSPS) is 11.8. The molecular weight excluding hydrogens is 519 g/mol. The Morgan fingerprint density at radius 3 is 2.24 bits per heavy atom. The van der Waals surface area contributed by atoms with Gasteiger partial charge in [-0.05, 0) is 41.8 Å². The molecule has 0 spiro atoms. The van der Waals surface area contributed by atoms with E-state index in [4.69, 9.17) is 16.3 Å². The van der Waals surface area contributed by atoms with Crippen LogP contribution in [0, 0.1) is 6.92 Å². The van der Waals surface area contributed by atoms with Crippen LogP contribution in [0.4, 0.5) is 13.2 Å². The summed E-state index contributed by atoms with van der Waals surface area (Å²) < 4.78 is 47.9. The molecule has 0 amide bonds. The number of halogens is 4. The number of methoxy groups -OCH3 is 1. The predicted molar refractivity (Wildman–Crippen MR) is 137 cm³/mol. The van der Waals surface area contributed by atoms with E-state index >= 15 is 0 Å². The third-order valence-corrected chi connectivity index (χ3v) is 6.40. The first-order chi connectivity index (χ1) is 18.2. The molecule has 0 radical (unpaired) electrons. The summed E-state index contributed by atoms with van der Waals surface area (Å²) in [4.78, 5) is 18.0. The summed E-state index contributed by atoms with van der Waals surface area (Å²) in [6, 6.07) is 18.4. The van der Waals surface area contributed by atoms with Crippen molar-refractivity contribution in [2.75, 3.05) is 7.11 Å². The Morgan fingerprint density at radius 1 is 0.921 bits per heavy atom. The van der Waals surface area contributed by atoms with Gasteiger partial charge in [-0.1, -0.05) is 60.1 Å². The topological polar surface area (TPSA) is 74.3 Å². The number of benzene rings is 2. The lowest BCUT2D eigenvalue weighted by molar-refractivity contribution is -0.141. The highest BCUT2D eigenvalue weighted by Gasteiger charge is 2.33. The number of rotatable bonds is 6. The van der Waals surface area contributed by atoms with Gasteiger partial charge in [0.05, 0.1) is 12.1 Å². The van der Waals surface area contributed by atoms with Crippen LogP contribution in [0.1, 0.15) is 22.8 Å². The van der Waals surface area contributed by atoms with E-state index in [1.165, 1.54) is 24.8 Å². The highest BCUT2D eigenvalue weighted by atomic mass is 35.5. The Balaban J connectivity index is 1.83. The van der Waals surface area contributed by atoms with E-state index in [0.717, 1.165) is 6.07 Å². The van der Waals surface area contributed by atoms with E-state index in [1.54, 1.807) is 28.8 Å². The lowest BCUT2D eigenvalue weighted by atomic mass is 9.96. The summed E-state index contributed by atoms with van der Waals surface area (Å²) in [5, 5.41) is 9.22. The fourth-order valence-electron chi connectivity index (χ4n) is 4.36. The number of nitrogens with zero attached hydrogens (tertiary/aromatic N) is 5. The largest absolute Gasteiger partial charge is 0.433 e. The van der Waals surface area contributed by atoms with Gasteiger partial charge in [0.15, 0.2) is 11.5 Å². The van der Waals surface area contributed by atoms with E-state index in [0.29, 0.717) is 44.3 Å². The molecule has 0 unspecified atom stereocenters. The minimum atomic E-state index is -4.58. The number of hydrogen-bond acceptors (Lipinski definition) is 5. The highest BCUT2D eigenvalue weighted by molar-refractivity contribution is 6.30. The number of aromatic nitrogens is 5. The fourth-order valence-corrected chi connectivity index (χ4v) is 4.49. The van der Waals surface area contributed by atoms with Crippen molar-refractivity contribution in [1.82, 2.24) is 24.4 Å². The number of fused-ring (bicyclic) bond motifs is 1. The highest BCUT2D eigenvalue weighted by Crippen LogP contribution is 2.34. The smallest absolute Gasteiger partial charge is 0.377 e. The maximum absolute atomic E-state index is 14.3. The van der Waals surface area contributed by atoms with Gasteiger partial charge >= 0.3 is 6.18 Å². The zero-order valence-electron chi connectivity index (χ0n) is 20.3. The maximum atomic E-state index is 14.3. The van der Waals surface area contributed by atoms with Crippen LogP contribution in [0.25, 0.3) is 27.9 Å². The van der Waals surface area contributed by atoms with Gasteiger partial charge < -0.3 is 4.74 Å². The van der Waals surface area contributed by atoms with Crippen molar-refractivity contribution in [3.8, 4) is 22.3 Å². The Hall–Kier alpha value is -4.02. The van der Waals surface area contributed by atoms with Crippen molar-refractivity contribution in [3.05, 3.63) is 105 Å². The number of aryl methyl sites for hydroxylation is 1. The molecule has 0 fully saturated rings. The molecule has 7 nitrogen and oxygen atoms in total. The summed E-state index contributed by atoms with van der Waals surface area (Å²) in [6.45, 7) is 1.46. The van der Waals surface area contributed by atoms with E-state index in [2.05, 4.69) is 15.2 Å². The lowest BCUT2D eigenvalue weighted by Crippen LogP contribution is -2.30. The third kappa shape index (κ3) is 4.68. The van der Waals surface area contributed by atoms with Crippen molar-refractivity contribution in [2.24, 2.45) is 0 Å². The van der Waals surface area contributed by atoms with Gasteiger partial charge in [-0.2, -0.15) is 13.2 Å². The summed E-state index contributed by atoms with van der Waals surface area (Å²) in [5.74, 6) is 0.354. The van der Waals surface area contributed by atoms with Gasteiger partial charge in [-0.15, -0.1) is 10.2 Å². The van der Waals surface area contributed by atoms with Crippen LogP contribution >= 0.6 is 11.6 Å². The van der Waals surface area contributed by atoms with Gasteiger partial charge in [0.1, 0.15) is 12.3 Å². The molecule has 11 heteroatoms. The predicted octanol–water partition coefficient (Wildman–Crippen LogP) is 5.80. The summed E-state index contributed by atoms with van der Waals surface area (Å²) in [6.07, 6.45) is -4.58. The molecule has 38 heavy (non-hydrogen) atoms. The molecule has 0 aliphatic carbocycles. The van der Waals surface area contributed by atoms with Gasteiger partial charge in [0, 0.05) is 23.4 Å². The molecule has 0 saturated carbocycles. The van der Waals surface area contributed by atoms with Crippen LogP contribution in [0.3, 0.4) is 0 Å². The van der Waals surface area contributed by atoms with Crippen molar-refractivity contribution in [1.29, 1.82) is 0 Å². The summed E-state index contributed by atoms with van der Waals surface area (Å²) in [7, 11) is 1.49. The quantitative estimate of drug-likeness (QED) is 0.273. The van der Waals surface area contributed by atoms with Crippen LogP contribution < -0.4 is 5.56 Å². The molecule has 5 rings (SSSR count). The van der Waals surface area contributed by atoms with Gasteiger partial charge in [-0.3, -0.25) is 4.79 Å². The van der Waals surface area contributed by atoms with Gasteiger partial charge in [0.2, 0.25) is 0 Å². The molecule has 5 aromatic rings. The van der Waals surface area contributed by atoms with Crippen molar-refractivity contribution in [3.63, 3.8) is 0 Å². The first kappa shape index (κ1) is 25.6. The van der Waals surface area contributed by atoms with Gasteiger partial charge in [-0.25, -0.2) is 14.2 Å². The van der Waals surface area contributed by atoms with Crippen molar-refractivity contribution < 1.29 is 17.9 Å². The third-order valence-electron chi connectivity index (χ3n) is 6.14. The van der Waals surface area contributed by atoms with Crippen LogP contribution in [-0.4, -0.2) is 31.5 Å². The average molecular weight is 540 g/mol. The Kier molecular flexibility index (Phi) is 6.77. The molecular formula is C27H21ClF3N5O2. The SMILES string of the molecule is COCc1nnc2c(-c3ccc(Cl)cc3)c(-c3ccccc3)c(=O)n(Cc3ccc(C(F)(F)F)nc3C)n12. The Labute approximate surface area is 220 Å². The van der Waals surface area contributed by atoms with Crippen LogP contribution in [0.2, 0.25) is 5.02 Å². The van der Waals surface area contributed by atoms with Crippen LogP contribution in [-0.2, 0) is 24.1 Å². The molecule has 2 aromatic carbocycles. The first-order valence-corrected chi connectivity index (χ1v) is 11.9. The van der Waals surface area contributed by atoms with E-state index in [-0.39, 0.29) is 24.4 Å². The van der Waals surface area contributed by atoms with E-state index < -0.39 is 11.9 Å². The second-order valence-electron chi connectivity index (χ2n) is 8.61. The summed E-state index contributed by atoms with van der Waals surface area (Å²) >= 11 is 6.13. The molecule has 0 bridgehead atoms. The van der Waals surface area contributed by atoms with Crippen LogP contribution in [0.5, 0.6) is 0 Å². The lowest BCUT2D eigenvalue weighted by Gasteiger charge is -2.18. The molecule has 3 heterocycles. The number of pyridine rings is 1. The number of ether oxygens (including phenoxy) is 1. The fraction of sp³-hybridized carbons (Fsp3) is 0.185. The monoisotopic (exact) mass is 539 g/mol. The van der Waals surface area contributed by atoms with Crippen molar-refractivity contribution in [2.45, 2.75) is 26.3 Å². The van der Waals surface area contributed by atoms with Gasteiger partial charge in [0.25, 0.3) is 5.56 Å². The zero-order valence-corrected chi connectivity index (χ0v) is 21.1.